The maximum Gasteiger partial charge on any atom is 0.217 e. The van der Waals surface area contributed by atoms with E-state index in [4.69, 9.17) is 33.2 Å². The monoisotopic (exact) mass is 675 g/mol. The van der Waals surface area contributed by atoms with Crippen molar-refractivity contribution in [2.45, 2.75) is 144 Å². The second-order valence-corrected chi connectivity index (χ2v) is 11.8. The Hall–Kier alpha value is -1.25. The first-order valence-corrected chi connectivity index (χ1v) is 14.8. The first-order chi connectivity index (χ1) is 21.6. The lowest BCUT2D eigenvalue weighted by molar-refractivity contribution is -0.391. The standard InChI is InChI=1S/C26H45NO19/c1-6-12(31)15(34)18(37)24(40-6)45-21-11(27-8(3)30)23(39)42-10(5-29)20(21)44-26-22(17(36)14(33)9(4-28)43-26)46-25-19(38)16(35)13(32)7(2)41-25/h6-7,9-26,28-29,31-39H,4-5H2,1-3H3,(H,27,30)/t6?,7-,9?,10?,11?,12+,13+,14-,15-,16?,17?,18?,19?,20+,21+,22?,23+,24-,25-,26-/m0/s1. The summed E-state index contributed by atoms with van der Waals surface area (Å²) in [5, 5.41) is 117. The number of rotatable bonds is 9. The molecule has 1 amide bonds. The van der Waals surface area contributed by atoms with Crippen molar-refractivity contribution in [1.29, 1.82) is 0 Å². The third-order valence-electron chi connectivity index (χ3n) is 8.53. The van der Waals surface area contributed by atoms with Crippen molar-refractivity contribution in [2.24, 2.45) is 0 Å². The summed E-state index contributed by atoms with van der Waals surface area (Å²) in [6.45, 7) is 2.15. The maximum atomic E-state index is 12.1. The van der Waals surface area contributed by atoms with Gasteiger partial charge in [0.15, 0.2) is 25.2 Å². The molecule has 0 aromatic carbocycles. The molecule has 20 nitrogen and oxygen atoms in total. The zero-order chi connectivity index (χ0) is 34.2. The summed E-state index contributed by atoms with van der Waals surface area (Å²) in [4.78, 5) is 12.1. The van der Waals surface area contributed by atoms with Gasteiger partial charge >= 0.3 is 0 Å². The number of aliphatic hydroxyl groups is 11. The number of amides is 1. The molecule has 0 aliphatic carbocycles. The number of aliphatic hydroxyl groups excluding tert-OH is 11. The summed E-state index contributed by atoms with van der Waals surface area (Å²) in [5.41, 5.74) is 0. The van der Waals surface area contributed by atoms with Crippen LogP contribution in [0.2, 0.25) is 0 Å². The van der Waals surface area contributed by atoms with E-state index in [0.717, 1.165) is 6.92 Å². The highest BCUT2D eigenvalue weighted by Gasteiger charge is 2.55. The Morgan fingerprint density at radius 3 is 1.52 bits per heavy atom. The van der Waals surface area contributed by atoms with E-state index in [-0.39, 0.29) is 0 Å². The third kappa shape index (κ3) is 7.64. The van der Waals surface area contributed by atoms with Crippen molar-refractivity contribution in [2.75, 3.05) is 13.2 Å². The van der Waals surface area contributed by atoms with Crippen LogP contribution >= 0.6 is 0 Å². The highest BCUT2D eigenvalue weighted by molar-refractivity contribution is 5.73. The molecule has 4 heterocycles. The van der Waals surface area contributed by atoms with Crippen LogP contribution in [0.15, 0.2) is 0 Å². The van der Waals surface area contributed by atoms with E-state index in [2.05, 4.69) is 5.32 Å². The predicted octanol–water partition coefficient (Wildman–Crippen LogP) is -7.55. The van der Waals surface area contributed by atoms with E-state index in [1.807, 2.05) is 0 Å². The van der Waals surface area contributed by atoms with Crippen molar-refractivity contribution < 1.29 is 94.1 Å². The molecule has 4 saturated heterocycles. The smallest absolute Gasteiger partial charge is 0.217 e. The highest BCUT2D eigenvalue weighted by Crippen LogP contribution is 2.35. The predicted molar refractivity (Wildman–Crippen MR) is 143 cm³/mol. The Morgan fingerprint density at radius 2 is 1.04 bits per heavy atom. The second-order valence-electron chi connectivity index (χ2n) is 11.8. The fourth-order valence-electron chi connectivity index (χ4n) is 5.81. The molecule has 12 N–H and O–H groups in total. The van der Waals surface area contributed by atoms with E-state index in [9.17, 15) is 61.0 Å². The van der Waals surface area contributed by atoms with Gasteiger partial charge in [-0.25, -0.2) is 0 Å². The van der Waals surface area contributed by atoms with Crippen LogP contribution in [0.25, 0.3) is 0 Å². The Bertz CT molecular complexity index is 997. The van der Waals surface area contributed by atoms with Gasteiger partial charge in [-0.3, -0.25) is 4.79 Å². The zero-order valence-electron chi connectivity index (χ0n) is 25.1. The SMILES string of the molecule is CC(=O)NC1[C@H](O)OC(CO)[C@@H](O[C@@H]2OC(CO)[C@H](O)C(O)C2O[C@@H]2O[C@@H](C)[C@@H](O)C(O)C2O)[C@@H]1O[C@@H]1OC(C)[C@@H](O)[C@H](O)C1O. The van der Waals surface area contributed by atoms with Gasteiger partial charge in [0.2, 0.25) is 5.91 Å². The van der Waals surface area contributed by atoms with Crippen LogP contribution < -0.4 is 5.32 Å². The molecule has 46 heavy (non-hydrogen) atoms. The average Bonchev–Trinajstić information content (AvgIpc) is 3.01. The summed E-state index contributed by atoms with van der Waals surface area (Å²) in [6, 6.07) is -1.51. The van der Waals surface area contributed by atoms with Gasteiger partial charge in [-0.2, -0.15) is 0 Å². The number of carbonyl (C=O) groups is 1. The molecular formula is C26H45NO19. The van der Waals surface area contributed by atoms with Crippen LogP contribution in [0, 0.1) is 0 Å². The third-order valence-corrected chi connectivity index (χ3v) is 8.53. The van der Waals surface area contributed by atoms with Crippen LogP contribution in [-0.4, -0.2) is 198 Å². The summed E-state index contributed by atoms with van der Waals surface area (Å²) in [6.07, 6.45) is -31.2. The van der Waals surface area contributed by atoms with Crippen LogP contribution in [0.3, 0.4) is 0 Å². The Kier molecular flexibility index (Phi) is 12.7. The van der Waals surface area contributed by atoms with Crippen molar-refractivity contribution >= 4 is 5.91 Å². The minimum Gasteiger partial charge on any atom is -0.394 e. The van der Waals surface area contributed by atoms with Crippen molar-refractivity contribution in [1.82, 2.24) is 5.32 Å². The van der Waals surface area contributed by atoms with Gasteiger partial charge in [-0.05, 0) is 13.8 Å². The van der Waals surface area contributed by atoms with E-state index in [1.54, 1.807) is 0 Å². The number of ether oxygens (including phenoxy) is 7. The number of hydrogen-bond donors (Lipinski definition) is 12. The van der Waals surface area contributed by atoms with Crippen LogP contribution in [-0.2, 0) is 38.0 Å². The first kappa shape index (κ1) is 37.6. The fraction of sp³-hybridized carbons (Fsp3) is 0.962. The second kappa shape index (κ2) is 15.5. The summed E-state index contributed by atoms with van der Waals surface area (Å²) < 4.78 is 39.8. The van der Waals surface area contributed by atoms with Crippen molar-refractivity contribution in [3.8, 4) is 0 Å². The van der Waals surface area contributed by atoms with Crippen LogP contribution in [0.4, 0.5) is 0 Å². The largest absolute Gasteiger partial charge is 0.394 e. The van der Waals surface area contributed by atoms with E-state index >= 15 is 0 Å². The van der Waals surface area contributed by atoms with Crippen molar-refractivity contribution in [3.63, 3.8) is 0 Å². The molecule has 20 heteroatoms. The fourth-order valence-corrected chi connectivity index (χ4v) is 5.81. The molecule has 0 aromatic rings. The van der Waals surface area contributed by atoms with E-state index < -0.39 is 142 Å². The van der Waals surface area contributed by atoms with E-state index in [0.29, 0.717) is 0 Å². The molecule has 0 saturated carbocycles. The van der Waals surface area contributed by atoms with Crippen molar-refractivity contribution in [3.05, 3.63) is 0 Å². The molecule has 0 radical (unpaired) electrons. The van der Waals surface area contributed by atoms with Gasteiger partial charge in [0.1, 0.15) is 85.4 Å². The van der Waals surface area contributed by atoms with Crippen LogP contribution in [0.5, 0.6) is 0 Å². The lowest BCUT2D eigenvalue weighted by Crippen LogP contribution is -2.70. The minimum absolute atomic E-state index is 0.691. The molecule has 0 spiro atoms. The maximum absolute atomic E-state index is 12.1. The average molecular weight is 676 g/mol. The van der Waals surface area contributed by atoms with Gasteiger partial charge in [-0.1, -0.05) is 0 Å². The zero-order valence-corrected chi connectivity index (χ0v) is 25.1. The molecule has 4 rings (SSSR count). The number of hydrogen-bond acceptors (Lipinski definition) is 19. The normalized spacial score (nSPS) is 51.9. The topological polar surface area (TPSA) is 316 Å². The number of carbonyl (C=O) groups excluding carboxylic acids is 1. The molecule has 0 aromatic heterocycles. The quantitative estimate of drug-likeness (QED) is 0.108. The van der Waals surface area contributed by atoms with E-state index in [1.165, 1.54) is 13.8 Å². The molecule has 9 unspecified atom stereocenters. The lowest BCUT2D eigenvalue weighted by Gasteiger charge is -2.50. The molecule has 20 atom stereocenters. The Balaban J connectivity index is 1.68. The summed E-state index contributed by atoms with van der Waals surface area (Å²) in [5.74, 6) is -0.691. The molecule has 4 aliphatic rings. The minimum atomic E-state index is -1.92. The van der Waals surface area contributed by atoms with Gasteiger partial charge in [0.25, 0.3) is 0 Å². The molecule has 268 valence electrons. The van der Waals surface area contributed by atoms with Gasteiger partial charge in [0, 0.05) is 6.92 Å². The Morgan fingerprint density at radius 1 is 0.565 bits per heavy atom. The first-order valence-electron chi connectivity index (χ1n) is 14.8. The molecular weight excluding hydrogens is 630 g/mol. The Labute approximate surface area is 262 Å². The highest BCUT2D eigenvalue weighted by atomic mass is 16.8. The lowest BCUT2D eigenvalue weighted by atomic mass is 9.94. The molecule has 0 bridgehead atoms. The van der Waals surface area contributed by atoms with Crippen LogP contribution in [0.1, 0.15) is 20.8 Å². The molecule has 4 fully saturated rings. The van der Waals surface area contributed by atoms with Gasteiger partial charge in [0.05, 0.1) is 25.4 Å². The number of nitrogens with one attached hydrogen (secondary N) is 1. The van der Waals surface area contributed by atoms with Gasteiger partial charge < -0.3 is 94.6 Å². The van der Waals surface area contributed by atoms with Gasteiger partial charge in [-0.15, -0.1) is 0 Å². The summed E-state index contributed by atoms with van der Waals surface area (Å²) in [7, 11) is 0. The summed E-state index contributed by atoms with van der Waals surface area (Å²) >= 11 is 0. The molecule has 4 aliphatic heterocycles.